The largest absolute Gasteiger partial charge is 0.481 e. The van der Waals surface area contributed by atoms with Gasteiger partial charge in [0.2, 0.25) is 0 Å². The van der Waals surface area contributed by atoms with E-state index in [-0.39, 0.29) is 24.4 Å². The van der Waals surface area contributed by atoms with Gasteiger partial charge in [-0.25, -0.2) is 0 Å². The van der Waals surface area contributed by atoms with Crippen molar-refractivity contribution in [3.8, 4) is 0 Å². The molecular formula is C10H10O6. The molecule has 3 rings (SSSR count). The molecule has 3 aliphatic carbocycles. The Hall–Kier alpha value is -1.72. The molecule has 0 aromatic carbocycles. The summed E-state index contributed by atoms with van der Waals surface area (Å²) < 4.78 is 0. The van der Waals surface area contributed by atoms with Crippen LogP contribution in [-0.4, -0.2) is 33.7 Å². The van der Waals surface area contributed by atoms with Gasteiger partial charge in [-0.2, -0.15) is 0 Å². The van der Waals surface area contributed by atoms with E-state index in [1.54, 1.807) is 0 Å². The van der Waals surface area contributed by atoms with E-state index in [0.717, 1.165) is 0 Å². The van der Waals surface area contributed by atoms with Crippen molar-refractivity contribution in [3.05, 3.63) is 0 Å². The van der Waals surface area contributed by atoms with Crippen molar-refractivity contribution >= 4 is 23.5 Å². The number of carboxylic acid groups (broad SMARTS) is 2. The molecule has 0 amide bonds. The second kappa shape index (κ2) is 3.40. The van der Waals surface area contributed by atoms with Gasteiger partial charge in [-0.1, -0.05) is 0 Å². The van der Waals surface area contributed by atoms with Crippen LogP contribution in [0.5, 0.6) is 0 Å². The highest BCUT2D eigenvalue weighted by molar-refractivity contribution is 6.04. The normalized spacial score (nSPS) is 37.5. The van der Waals surface area contributed by atoms with E-state index < -0.39 is 35.6 Å². The SMILES string of the molecule is O=C(O)[C@H]1[C@H](C(=O)O)[C@H]2CC(=O)[C@H]1CC2=O. The molecular weight excluding hydrogens is 216 g/mol. The molecule has 0 aromatic heterocycles. The molecule has 0 saturated heterocycles. The van der Waals surface area contributed by atoms with Gasteiger partial charge in [-0.05, 0) is 0 Å². The summed E-state index contributed by atoms with van der Waals surface area (Å²) in [7, 11) is 0. The van der Waals surface area contributed by atoms with E-state index >= 15 is 0 Å². The Bertz CT molecular complexity index is 360. The van der Waals surface area contributed by atoms with Crippen LogP contribution in [0.1, 0.15) is 12.8 Å². The lowest BCUT2D eigenvalue weighted by atomic mass is 9.57. The molecule has 0 spiro atoms. The van der Waals surface area contributed by atoms with Gasteiger partial charge < -0.3 is 10.2 Å². The van der Waals surface area contributed by atoms with Gasteiger partial charge in [-0.15, -0.1) is 0 Å². The molecule has 2 N–H and O–H groups in total. The summed E-state index contributed by atoms with van der Waals surface area (Å²) in [6, 6.07) is 0. The van der Waals surface area contributed by atoms with Gasteiger partial charge in [0, 0.05) is 24.7 Å². The van der Waals surface area contributed by atoms with Crippen LogP contribution < -0.4 is 0 Å². The van der Waals surface area contributed by atoms with Crippen molar-refractivity contribution in [1.82, 2.24) is 0 Å². The van der Waals surface area contributed by atoms with Crippen molar-refractivity contribution in [2.75, 3.05) is 0 Å². The number of aliphatic carboxylic acids is 2. The fraction of sp³-hybridized carbons (Fsp3) is 0.600. The minimum Gasteiger partial charge on any atom is -0.481 e. The Labute approximate surface area is 90.2 Å². The lowest BCUT2D eigenvalue weighted by Crippen LogP contribution is -2.55. The third-order valence-corrected chi connectivity index (χ3v) is 3.49. The first-order valence-electron chi connectivity index (χ1n) is 4.94. The molecule has 0 radical (unpaired) electrons. The lowest BCUT2D eigenvalue weighted by molar-refractivity contribution is -0.172. The number of ketones is 2. The molecule has 2 bridgehead atoms. The quantitative estimate of drug-likeness (QED) is 0.661. The first kappa shape index (κ1) is 10.8. The average molecular weight is 226 g/mol. The zero-order valence-corrected chi connectivity index (χ0v) is 8.25. The number of carbonyl (C=O) groups excluding carboxylic acids is 2. The maximum atomic E-state index is 11.5. The van der Waals surface area contributed by atoms with Crippen LogP contribution in [-0.2, 0) is 19.2 Å². The smallest absolute Gasteiger partial charge is 0.308 e. The third-order valence-electron chi connectivity index (χ3n) is 3.49. The first-order chi connectivity index (χ1) is 7.43. The van der Waals surface area contributed by atoms with E-state index in [4.69, 9.17) is 10.2 Å². The van der Waals surface area contributed by atoms with Crippen LogP contribution in [0.15, 0.2) is 0 Å². The second-order valence-corrected chi connectivity index (χ2v) is 4.28. The molecule has 0 aliphatic heterocycles. The summed E-state index contributed by atoms with van der Waals surface area (Å²) in [6.45, 7) is 0. The maximum absolute atomic E-state index is 11.5. The molecule has 3 aliphatic rings. The zero-order valence-electron chi connectivity index (χ0n) is 8.25. The topological polar surface area (TPSA) is 109 Å². The van der Waals surface area contributed by atoms with E-state index in [2.05, 4.69) is 0 Å². The molecule has 3 fully saturated rings. The molecule has 6 heteroatoms. The molecule has 6 nitrogen and oxygen atoms in total. The average Bonchev–Trinajstić information content (AvgIpc) is 2.17. The molecule has 0 aromatic rings. The Morgan fingerprint density at radius 3 is 1.44 bits per heavy atom. The highest BCUT2D eigenvalue weighted by Gasteiger charge is 2.57. The Kier molecular flexibility index (Phi) is 2.29. The number of hydrogen-bond acceptors (Lipinski definition) is 4. The predicted octanol–water partition coefficient (Wildman–Crippen LogP) is -0.434. The predicted molar refractivity (Wildman–Crippen MR) is 48.5 cm³/mol. The van der Waals surface area contributed by atoms with Crippen LogP contribution in [0.25, 0.3) is 0 Å². The second-order valence-electron chi connectivity index (χ2n) is 4.28. The van der Waals surface area contributed by atoms with Crippen LogP contribution in [0.4, 0.5) is 0 Å². The van der Waals surface area contributed by atoms with E-state index in [1.165, 1.54) is 0 Å². The van der Waals surface area contributed by atoms with Gasteiger partial charge >= 0.3 is 11.9 Å². The Morgan fingerprint density at radius 2 is 1.19 bits per heavy atom. The van der Waals surface area contributed by atoms with E-state index in [0.29, 0.717) is 0 Å². The first-order valence-corrected chi connectivity index (χ1v) is 4.94. The van der Waals surface area contributed by atoms with Crippen LogP contribution in [0.2, 0.25) is 0 Å². The summed E-state index contributed by atoms with van der Waals surface area (Å²) in [5, 5.41) is 17.9. The van der Waals surface area contributed by atoms with E-state index in [9.17, 15) is 19.2 Å². The fourth-order valence-corrected chi connectivity index (χ4v) is 2.77. The van der Waals surface area contributed by atoms with Crippen molar-refractivity contribution in [2.24, 2.45) is 23.7 Å². The van der Waals surface area contributed by atoms with Gasteiger partial charge in [0.05, 0.1) is 11.8 Å². The van der Waals surface area contributed by atoms with Gasteiger partial charge in [-0.3, -0.25) is 19.2 Å². The fourth-order valence-electron chi connectivity index (χ4n) is 2.77. The van der Waals surface area contributed by atoms with Crippen LogP contribution >= 0.6 is 0 Å². The standard InChI is InChI=1S/C10H10O6/c11-5-1-3-6(12)2-4(5)8(10(15)16)7(3)9(13)14/h3-4,7-8H,1-2H2,(H,13,14)(H,15,16)/t3-,4+,7-,8-/m1/s1. The van der Waals surface area contributed by atoms with Crippen molar-refractivity contribution in [3.63, 3.8) is 0 Å². The number of fused-ring (bicyclic) bond motifs is 3. The Balaban J connectivity index is 2.43. The minimum atomic E-state index is -1.30. The van der Waals surface area contributed by atoms with Crippen molar-refractivity contribution in [2.45, 2.75) is 12.8 Å². The van der Waals surface area contributed by atoms with Gasteiger partial charge in [0.1, 0.15) is 11.6 Å². The number of hydrogen-bond donors (Lipinski definition) is 2. The summed E-state index contributed by atoms with van der Waals surface area (Å²) in [5.41, 5.74) is 0. The summed E-state index contributed by atoms with van der Waals surface area (Å²) in [6.07, 6.45) is -0.242. The number of rotatable bonds is 2. The molecule has 0 unspecified atom stereocenters. The molecule has 3 saturated carbocycles. The monoisotopic (exact) mass is 226 g/mol. The third kappa shape index (κ3) is 1.33. The summed E-state index contributed by atoms with van der Waals surface area (Å²) in [5.74, 6) is -7.59. The number of carboxylic acids is 2. The number of Topliss-reactive ketones (excluding diaryl/α,β-unsaturated/α-hetero) is 2. The molecule has 86 valence electrons. The lowest BCUT2D eigenvalue weighted by Gasteiger charge is -2.42. The Morgan fingerprint density at radius 1 is 0.875 bits per heavy atom. The zero-order chi connectivity index (χ0) is 12.0. The number of carbonyl (C=O) groups is 4. The minimum absolute atomic E-state index is 0.121. The summed E-state index contributed by atoms with van der Waals surface area (Å²) >= 11 is 0. The van der Waals surface area contributed by atoms with Gasteiger partial charge in [0.25, 0.3) is 0 Å². The van der Waals surface area contributed by atoms with E-state index in [1.807, 2.05) is 0 Å². The highest BCUT2D eigenvalue weighted by atomic mass is 16.4. The van der Waals surface area contributed by atoms with Crippen molar-refractivity contribution < 1.29 is 29.4 Å². The van der Waals surface area contributed by atoms with Gasteiger partial charge in [0.15, 0.2) is 0 Å². The van der Waals surface area contributed by atoms with Crippen LogP contribution in [0.3, 0.4) is 0 Å². The van der Waals surface area contributed by atoms with Crippen molar-refractivity contribution in [1.29, 1.82) is 0 Å². The maximum Gasteiger partial charge on any atom is 0.308 e. The molecule has 16 heavy (non-hydrogen) atoms. The molecule has 4 atom stereocenters. The summed E-state index contributed by atoms with van der Waals surface area (Å²) in [4.78, 5) is 44.9. The molecule has 0 heterocycles. The highest BCUT2D eigenvalue weighted by Crippen LogP contribution is 2.45. The van der Waals surface area contributed by atoms with Crippen LogP contribution in [0, 0.1) is 23.7 Å².